The summed E-state index contributed by atoms with van der Waals surface area (Å²) in [5, 5.41) is 0. The first-order valence-corrected chi connectivity index (χ1v) is 6.37. The second-order valence-electron chi connectivity index (χ2n) is 4.68. The van der Waals surface area contributed by atoms with Gasteiger partial charge in [0.05, 0.1) is 0 Å². The summed E-state index contributed by atoms with van der Waals surface area (Å²) in [6.45, 7) is 0.726. The van der Waals surface area contributed by atoms with E-state index in [9.17, 15) is 8.78 Å². The molecule has 0 unspecified atom stereocenters. The quantitative estimate of drug-likeness (QED) is 0.660. The van der Waals surface area contributed by atoms with Crippen molar-refractivity contribution in [1.82, 2.24) is 4.57 Å². The van der Waals surface area contributed by atoms with Gasteiger partial charge in [0.2, 0.25) is 0 Å². The number of benzene rings is 2. The van der Waals surface area contributed by atoms with E-state index in [4.69, 9.17) is 0 Å². The Labute approximate surface area is 116 Å². The van der Waals surface area contributed by atoms with Gasteiger partial charge in [-0.1, -0.05) is 30.3 Å². The Morgan fingerprint density at radius 2 is 1.70 bits per heavy atom. The van der Waals surface area contributed by atoms with Crippen molar-refractivity contribution < 1.29 is 8.78 Å². The number of rotatable bonds is 3. The van der Waals surface area contributed by atoms with Gasteiger partial charge in [0.1, 0.15) is 11.6 Å². The summed E-state index contributed by atoms with van der Waals surface area (Å²) in [4.78, 5) is 0. The monoisotopic (exact) mass is 269 g/mol. The highest BCUT2D eigenvalue weighted by Gasteiger charge is 2.07. The number of halogens is 2. The lowest BCUT2D eigenvalue weighted by Crippen LogP contribution is -1.95. The standard InChI is InChI=1S/C17H13F2N/c18-15-6-7-16(17(19)10-15)14-8-9-20(12-14)11-13-4-2-1-3-5-13/h1-10,12H,11H2. The summed E-state index contributed by atoms with van der Waals surface area (Å²) in [7, 11) is 0. The second-order valence-corrected chi connectivity index (χ2v) is 4.68. The van der Waals surface area contributed by atoms with E-state index in [0.29, 0.717) is 5.56 Å². The molecule has 0 aliphatic heterocycles. The third kappa shape index (κ3) is 2.62. The van der Waals surface area contributed by atoms with Crippen molar-refractivity contribution in [2.24, 2.45) is 0 Å². The minimum absolute atomic E-state index is 0.415. The van der Waals surface area contributed by atoms with Gasteiger partial charge in [0.15, 0.2) is 0 Å². The van der Waals surface area contributed by atoms with Crippen LogP contribution in [0.3, 0.4) is 0 Å². The maximum absolute atomic E-state index is 13.7. The molecule has 3 rings (SSSR count). The minimum atomic E-state index is -0.560. The van der Waals surface area contributed by atoms with Crippen molar-refractivity contribution in [3.05, 3.63) is 84.2 Å². The lowest BCUT2D eigenvalue weighted by Gasteiger charge is -2.03. The normalized spacial score (nSPS) is 10.7. The Bertz CT molecular complexity index is 717. The fraction of sp³-hybridized carbons (Fsp3) is 0.0588. The van der Waals surface area contributed by atoms with Crippen LogP contribution < -0.4 is 0 Å². The molecule has 2 aromatic carbocycles. The Kier molecular flexibility index (Phi) is 3.33. The van der Waals surface area contributed by atoms with Crippen LogP contribution in [-0.2, 0) is 6.54 Å². The maximum Gasteiger partial charge on any atom is 0.133 e. The zero-order valence-electron chi connectivity index (χ0n) is 10.8. The molecule has 0 saturated heterocycles. The van der Waals surface area contributed by atoms with Crippen molar-refractivity contribution in [2.75, 3.05) is 0 Å². The molecule has 1 aromatic heterocycles. The highest BCUT2D eigenvalue weighted by molar-refractivity contribution is 5.63. The number of aromatic nitrogens is 1. The van der Waals surface area contributed by atoms with Gasteiger partial charge >= 0.3 is 0 Å². The molecule has 0 fully saturated rings. The van der Waals surface area contributed by atoms with Crippen molar-refractivity contribution in [1.29, 1.82) is 0 Å². The minimum Gasteiger partial charge on any atom is -0.349 e. The smallest absolute Gasteiger partial charge is 0.133 e. The van der Waals surface area contributed by atoms with E-state index in [-0.39, 0.29) is 0 Å². The van der Waals surface area contributed by atoms with Crippen molar-refractivity contribution in [3.63, 3.8) is 0 Å². The van der Waals surface area contributed by atoms with Crippen LogP contribution in [0.1, 0.15) is 5.56 Å². The SMILES string of the molecule is Fc1ccc(-c2ccn(Cc3ccccc3)c2)c(F)c1. The fourth-order valence-electron chi connectivity index (χ4n) is 2.22. The maximum atomic E-state index is 13.7. The molecule has 0 radical (unpaired) electrons. The van der Waals surface area contributed by atoms with E-state index in [1.165, 1.54) is 17.7 Å². The third-order valence-corrected chi connectivity index (χ3v) is 3.20. The zero-order valence-corrected chi connectivity index (χ0v) is 10.8. The van der Waals surface area contributed by atoms with Gasteiger partial charge in [-0.05, 0) is 23.8 Å². The van der Waals surface area contributed by atoms with Crippen LogP contribution >= 0.6 is 0 Å². The largest absolute Gasteiger partial charge is 0.349 e. The predicted molar refractivity (Wildman–Crippen MR) is 75.3 cm³/mol. The van der Waals surface area contributed by atoms with Crippen LogP contribution in [-0.4, -0.2) is 4.57 Å². The topological polar surface area (TPSA) is 4.93 Å². The molecule has 0 spiro atoms. The van der Waals surface area contributed by atoms with Gasteiger partial charge in [0, 0.05) is 36.1 Å². The molecule has 3 aromatic rings. The lowest BCUT2D eigenvalue weighted by atomic mass is 10.1. The first-order chi connectivity index (χ1) is 9.72. The van der Waals surface area contributed by atoms with Crippen molar-refractivity contribution in [3.8, 4) is 11.1 Å². The summed E-state index contributed by atoms with van der Waals surface area (Å²) < 4.78 is 28.6. The summed E-state index contributed by atoms with van der Waals surface area (Å²) in [5.74, 6) is -1.10. The lowest BCUT2D eigenvalue weighted by molar-refractivity contribution is 0.585. The average Bonchev–Trinajstić information content (AvgIpc) is 2.88. The highest BCUT2D eigenvalue weighted by atomic mass is 19.1. The molecule has 0 N–H and O–H groups in total. The fourth-order valence-corrected chi connectivity index (χ4v) is 2.22. The first-order valence-electron chi connectivity index (χ1n) is 6.37. The van der Waals surface area contributed by atoms with Crippen molar-refractivity contribution in [2.45, 2.75) is 6.54 Å². The molecule has 0 saturated carbocycles. The van der Waals surface area contributed by atoms with Crippen LogP contribution in [0.5, 0.6) is 0 Å². The van der Waals surface area contributed by atoms with Crippen molar-refractivity contribution >= 4 is 0 Å². The molecule has 1 heterocycles. The van der Waals surface area contributed by atoms with E-state index in [1.54, 1.807) is 0 Å². The van der Waals surface area contributed by atoms with E-state index in [2.05, 4.69) is 0 Å². The Morgan fingerprint density at radius 3 is 2.45 bits per heavy atom. The summed E-state index contributed by atoms with van der Waals surface area (Å²) >= 11 is 0. The van der Waals surface area contributed by atoms with E-state index < -0.39 is 11.6 Å². The van der Waals surface area contributed by atoms with Gasteiger partial charge in [-0.3, -0.25) is 0 Å². The van der Waals surface area contributed by atoms with Gasteiger partial charge in [0.25, 0.3) is 0 Å². The molecule has 20 heavy (non-hydrogen) atoms. The molecule has 0 atom stereocenters. The van der Waals surface area contributed by atoms with E-state index in [1.807, 2.05) is 53.4 Å². The molecular formula is C17H13F2N. The Morgan fingerprint density at radius 1 is 0.900 bits per heavy atom. The molecule has 3 heteroatoms. The zero-order chi connectivity index (χ0) is 13.9. The van der Waals surface area contributed by atoms with Crippen LogP contribution in [0, 0.1) is 11.6 Å². The summed E-state index contributed by atoms with van der Waals surface area (Å²) in [6.07, 6.45) is 3.76. The molecule has 0 aliphatic rings. The van der Waals surface area contributed by atoms with Gasteiger partial charge in [-0.15, -0.1) is 0 Å². The highest BCUT2D eigenvalue weighted by Crippen LogP contribution is 2.24. The number of hydrogen-bond donors (Lipinski definition) is 0. The second kappa shape index (κ2) is 5.29. The molecule has 0 bridgehead atoms. The van der Waals surface area contributed by atoms with Crippen LogP contribution in [0.15, 0.2) is 67.0 Å². The van der Waals surface area contributed by atoms with Gasteiger partial charge in [-0.2, -0.15) is 0 Å². The Hall–Kier alpha value is -2.42. The third-order valence-electron chi connectivity index (χ3n) is 3.20. The van der Waals surface area contributed by atoms with Crippen LogP contribution in [0.4, 0.5) is 8.78 Å². The number of hydrogen-bond acceptors (Lipinski definition) is 0. The van der Waals surface area contributed by atoms with E-state index in [0.717, 1.165) is 18.2 Å². The average molecular weight is 269 g/mol. The molecule has 100 valence electrons. The first kappa shape index (κ1) is 12.6. The number of nitrogens with zero attached hydrogens (tertiary/aromatic N) is 1. The van der Waals surface area contributed by atoms with Crippen LogP contribution in [0.25, 0.3) is 11.1 Å². The molecule has 0 amide bonds. The molecular weight excluding hydrogens is 256 g/mol. The van der Waals surface area contributed by atoms with Gasteiger partial charge < -0.3 is 4.57 Å². The molecule has 0 aliphatic carbocycles. The summed E-state index contributed by atoms with van der Waals surface area (Å²) in [5.41, 5.74) is 2.34. The van der Waals surface area contributed by atoms with Gasteiger partial charge in [-0.25, -0.2) is 8.78 Å². The molecule has 1 nitrogen and oxygen atoms in total. The van der Waals surface area contributed by atoms with E-state index >= 15 is 0 Å². The van der Waals surface area contributed by atoms with Crippen LogP contribution in [0.2, 0.25) is 0 Å². The summed E-state index contributed by atoms with van der Waals surface area (Å²) in [6, 6.07) is 15.5. The predicted octanol–water partition coefficient (Wildman–Crippen LogP) is 4.48. The Balaban J connectivity index is 1.87.